The van der Waals surface area contributed by atoms with Crippen LogP contribution in [-0.2, 0) is 36.9 Å². The summed E-state index contributed by atoms with van der Waals surface area (Å²) >= 11 is 0. The Hall–Kier alpha value is -0.138. The second kappa shape index (κ2) is 26.1. The fourth-order valence-corrected chi connectivity index (χ4v) is 2.53. The van der Waals surface area contributed by atoms with Gasteiger partial charge in [0, 0.05) is 11.9 Å². The van der Waals surface area contributed by atoms with Crippen LogP contribution in [0.1, 0.15) is 117 Å². The number of aliphatic carboxylic acids is 2. The molecule has 2 aliphatic carbocycles. The molecule has 2 saturated carbocycles. The Bertz CT molecular complexity index is 224. The van der Waals surface area contributed by atoms with Gasteiger partial charge >= 0.3 is 27.3 Å². The van der Waals surface area contributed by atoms with Crippen molar-refractivity contribution in [1.82, 2.24) is 0 Å². The second-order valence-electron chi connectivity index (χ2n) is 6.49. The van der Waals surface area contributed by atoms with Gasteiger partial charge in [-0.15, -0.1) is 0 Å². The smallest absolute Gasteiger partial charge is 0.550 e. The van der Waals surface area contributed by atoms with Crippen LogP contribution in [0.15, 0.2) is 0 Å². The average molecular weight is 455 g/mol. The van der Waals surface area contributed by atoms with Crippen LogP contribution < -0.4 is 10.2 Å². The predicted octanol–water partition coefficient (Wildman–Crippen LogP) is 3.75. The summed E-state index contributed by atoms with van der Waals surface area (Å²) in [5.74, 6) is -1.92. The van der Waals surface area contributed by atoms with Crippen LogP contribution in [0.4, 0.5) is 0 Å². The minimum Gasteiger partial charge on any atom is -0.550 e. The molecule has 0 aromatic rings. The molecule has 0 radical (unpaired) electrons. The molecular weight excluding hydrogens is 417 g/mol. The van der Waals surface area contributed by atoms with Gasteiger partial charge in [-0.3, -0.25) is 0 Å². The number of carboxylic acid groups (broad SMARTS) is 2. The number of rotatable bonds is 4. The number of carbonyl (C=O) groups is 2. The molecule has 4 nitrogen and oxygen atoms in total. The molecule has 0 aromatic carbocycles. The number of carbonyl (C=O) groups excluding carboxylic acids is 2. The van der Waals surface area contributed by atoms with Crippen molar-refractivity contribution in [3.05, 3.63) is 0 Å². The van der Waals surface area contributed by atoms with E-state index in [2.05, 4.69) is 0 Å². The fraction of sp³-hybridized carbons (Fsp3) is 0.900. The molecule has 0 heterocycles. The standard InChI is InChI=1S/2C6H12.2C4H8O2.Cd/c2*1-2-4-6-5-3-1;2*1-2-3-4(5)6;/h2*1-6H2;2*2-3H2,1H3,(H,5,6);/q;;;;+2/p-2. The van der Waals surface area contributed by atoms with Crippen molar-refractivity contribution in [2.45, 2.75) is 117 Å². The van der Waals surface area contributed by atoms with Crippen molar-refractivity contribution >= 4 is 11.9 Å². The van der Waals surface area contributed by atoms with Crippen molar-refractivity contribution in [3.8, 4) is 0 Å². The van der Waals surface area contributed by atoms with Crippen LogP contribution in [0.2, 0.25) is 0 Å². The van der Waals surface area contributed by atoms with E-state index in [0.29, 0.717) is 12.8 Å². The fourth-order valence-electron chi connectivity index (χ4n) is 2.53. The quantitative estimate of drug-likeness (QED) is 0.606. The summed E-state index contributed by atoms with van der Waals surface area (Å²) in [6, 6.07) is 0. The maximum atomic E-state index is 9.49. The van der Waals surface area contributed by atoms with Crippen LogP contribution in [0.3, 0.4) is 0 Å². The third kappa shape index (κ3) is 35.7. The first kappa shape index (κ1) is 29.6. The van der Waals surface area contributed by atoms with Crippen LogP contribution in [0, 0.1) is 0 Å². The van der Waals surface area contributed by atoms with E-state index in [9.17, 15) is 19.8 Å². The van der Waals surface area contributed by atoms with Crippen molar-refractivity contribution in [1.29, 1.82) is 0 Å². The zero-order valence-corrected chi connectivity index (χ0v) is 20.7. The zero-order chi connectivity index (χ0) is 18.5. The molecule has 144 valence electrons. The molecule has 25 heavy (non-hydrogen) atoms. The maximum Gasteiger partial charge on any atom is 2.00 e. The van der Waals surface area contributed by atoms with E-state index in [1.54, 1.807) is 13.8 Å². The van der Waals surface area contributed by atoms with Crippen LogP contribution in [-0.4, -0.2) is 11.9 Å². The van der Waals surface area contributed by atoms with Gasteiger partial charge in [-0.2, -0.15) is 0 Å². The largest absolute Gasteiger partial charge is 2.00 e. The van der Waals surface area contributed by atoms with Crippen molar-refractivity contribution in [2.24, 2.45) is 0 Å². The third-order valence-electron chi connectivity index (χ3n) is 3.91. The van der Waals surface area contributed by atoms with Gasteiger partial charge in [0.05, 0.1) is 0 Å². The van der Waals surface area contributed by atoms with E-state index in [1.807, 2.05) is 0 Å². The van der Waals surface area contributed by atoms with Gasteiger partial charge < -0.3 is 19.8 Å². The molecule has 0 spiro atoms. The molecular formula is C20H38CdO4. The summed E-state index contributed by atoms with van der Waals surface area (Å²) in [6.45, 7) is 3.60. The number of hydrogen-bond donors (Lipinski definition) is 0. The second-order valence-corrected chi connectivity index (χ2v) is 6.49. The summed E-state index contributed by atoms with van der Waals surface area (Å²) in [5, 5.41) is 19.0. The summed E-state index contributed by atoms with van der Waals surface area (Å²) in [6.07, 6.45) is 19.7. The van der Waals surface area contributed by atoms with Crippen LogP contribution in [0.25, 0.3) is 0 Å². The molecule has 2 aliphatic rings. The van der Waals surface area contributed by atoms with Gasteiger partial charge in [-0.25, -0.2) is 0 Å². The summed E-state index contributed by atoms with van der Waals surface area (Å²) in [7, 11) is 0. The number of carboxylic acids is 2. The summed E-state index contributed by atoms with van der Waals surface area (Å²) in [5.41, 5.74) is 0. The predicted molar refractivity (Wildman–Crippen MR) is 95.2 cm³/mol. The topological polar surface area (TPSA) is 80.3 Å². The van der Waals surface area contributed by atoms with Crippen LogP contribution >= 0.6 is 0 Å². The van der Waals surface area contributed by atoms with Crippen molar-refractivity contribution in [2.75, 3.05) is 0 Å². The van der Waals surface area contributed by atoms with E-state index in [4.69, 9.17) is 0 Å². The Morgan fingerprint density at radius 2 is 0.720 bits per heavy atom. The molecule has 0 saturated heterocycles. The first-order valence-corrected chi connectivity index (χ1v) is 9.94. The van der Waals surface area contributed by atoms with Gasteiger partial charge in [0.15, 0.2) is 0 Å². The van der Waals surface area contributed by atoms with E-state index >= 15 is 0 Å². The summed E-state index contributed by atoms with van der Waals surface area (Å²) < 4.78 is 0. The minimum atomic E-state index is -0.961. The third-order valence-corrected chi connectivity index (χ3v) is 3.91. The minimum absolute atomic E-state index is 0. The Morgan fingerprint density at radius 3 is 0.760 bits per heavy atom. The average Bonchev–Trinajstić information content (AvgIpc) is 2.59. The van der Waals surface area contributed by atoms with Gasteiger partial charge in [0.1, 0.15) is 0 Å². The first-order chi connectivity index (χ1) is 11.5. The SMILES string of the molecule is C1CCCCC1.C1CCCCC1.CCCC(=O)[O-].CCCC(=O)[O-].[Cd+2]. The monoisotopic (exact) mass is 456 g/mol. The van der Waals surface area contributed by atoms with Gasteiger partial charge in [0.2, 0.25) is 0 Å². The van der Waals surface area contributed by atoms with E-state index < -0.39 is 11.9 Å². The molecule has 0 N–H and O–H groups in total. The van der Waals surface area contributed by atoms with E-state index in [1.165, 1.54) is 77.0 Å². The molecule has 0 unspecified atom stereocenters. The number of hydrogen-bond acceptors (Lipinski definition) is 4. The summed E-state index contributed by atoms with van der Waals surface area (Å²) in [4.78, 5) is 19.0. The van der Waals surface area contributed by atoms with E-state index in [-0.39, 0.29) is 40.1 Å². The Kier molecular flexibility index (Phi) is 30.9. The van der Waals surface area contributed by atoms with Crippen LogP contribution in [0.5, 0.6) is 0 Å². The Balaban J connectivity index is -0.000000255. The van der Waals surface area contributed by atoms with Crippen molar-refractivity contribution in [3.63, 3.8) is 0 Å². The maximum absolute atomic E-state index is 9.49. The molecule has 0 aliphatic heterocycles. The van der Waals surface area contributed by atoms with Gasteiger partial charge in [-0.1, -0.05) is 104 Å². The molecule has 5 heteroatoms. The Morgan fingerprint density at radius 1 is 0.560 bits per heavy atom. The first-order valence-electron chi connectivity index (χ1n) is 9.94. The van der Waals surface area contributed by atoms with Gasteiger partial charge in [0.25, 0.3) is 0 Å². The zero-order valence-electron chi connectivity index (χ0n) is 16.7. The molecule has 0 aromatic heterocycles. The molecule has 2 fully saturated rings. The Labute approximate surface area is 175 Å². The molecule has 0 atom stereocenters. The molecule has 0 bridgehead atoms. The molecule has 0 amide bonds. The molecule has 2 rings (SSSR count). The van der Waals surface area contributed by atoms with Gasteiger partial charge in [-0.05, 0) is 12.8 Å². The van der Waals surface area contributed by atoms with E-state index in [0.717, 1.165) is 0 Å². The van der Waals surface area contributed by atoms with Crippen molar-refractivity contribution < 1.29 is 47.1 Å². The normalized spacial score (nSPS) is 15.4.